The zero-order chi connectivity index (χ0) is 11.0. The topological polar surface area (TPSA) is 41.1 Å². The number of nitrogens with zero attached hydrogens (tertiary/aromatic N) is 3. The Bertz CT molecular complexity index is 371. The monoisotopic (exact) mass is 206 g/mol. The standard InChI is InChI=1S/C11H18N4/c1-7(2)10-13-9-6-12-5-8(9)11(14-10)15(3)4/h7,12H,5-6H2,1-4H3. The van der Waals surface area contributed by atoms with Gasteiger partial charge in [0.15, 0.2) is 0 Å². The van der Waals surface area contributed by atoms with Gasteiger partial charge in [-0.2, -0.15) is 0 Å². The highest BCUT2D eigenvalue weighted by atomic mass is 15.2. The van der Waals surface area contributed by atoms with Crippen molar-refractivity contribution in [1.29, 1.82) is 0 Å². The van der Waals surface area contributed by atoms with Gasteiger partial charge in [-0.05, 0) is 0 Å². The van der Waals surface area contributed by atoms with Crippen molar-refractivity contribution in [3.8, 4) is 0 Å². The fourth-order valence-corrected chi connectivity index (χ4v) is 1.80. The number of aromatic nitrogens is 2. The van der Waals surface area contributed by atoms with Gasteiger partial charge in [-0.25, -0.2) is 9.97 Å². The minimum absolute atomic E-state index is 0.384. The maximum Gasteiger partial charge on any atom is 0.136 e. The van der Waals surface area contributed by atoms with E-state index in [0.29, 0.717) is 5.92 Å². The fraction of sp³-hybridized carbons (Fsp3) is 0.636. The van der Waals surface area contributed by atoms with Crippen LogP contribution in [0.3, 0.4) is 0 Å². The molecular formula is C11H18N4. The molecule has 1 N–H and O–H groups in total. The molecule has 2 rings (SSSR count). The van der Waals surface area contributed by atoms with E-state index in [-0.39, 0.29) is 0 Å². The molecule has 0 atom stereocenters. The second-order valence-corrected chi connectivity index (χ2v) is 4.48. The molecule has 2 heterocycles. The highest BCUT2D eigenvalue weighted by Gasteiger charge is 2.20. The third-order valence-electron chi connectivity index (χ3n) is 2.62. The molecule has 0 aromatic carbocycles. The second kappa shape index (κ2) is 3.77. The van der Waals surface area contributed by atoms with Crippen LogP contribution in [0.5, 0.6) is 0 Å². The van der Waals surface area contributed by atoms with Crippen molar-refractivity contribution in [1.82, 2.24) is 15.3 Å². The molecule has 0 bridgehead atoms. The van der Waals surface area contributed by atoms with E-state index in [1.165, 1.54) is 5.56 Å². The zero-order valence-corrected chi connectivity index (χ0v) is 9.83. The van der Waals surface area contributed by atoms with E-state index < -0.39 is 0 Å². The predicted molar refractivity (Wildman–Crippen MR) is 61.0 cm³/mol. The number of hydrogen-bond donors (Lipinski definition) is 1. The Hall–Kier alpha value is -1.16. The normalized spacial score (nSPS) is 14.5. The number of hydrogen-bond acceptors (Lipinski definition) is 4. The van der Waals surface area contributed by atoms with Crippen molar-refractivity contribution < 1.29 is 0 Å². The summed E-state index contributed by atoms with van der Waals surface area (Å²) in [4.78, 5) is 11.3. The Morgan fingerprint density at radius 3 is 2.53 bits per heavy atom. The van der Waals surface area contributed by atoms with Crippen molar-refractivity contribution in [2.75, 3.05) is 19.0 Å². The maximum atomic E-state index is 4.62. The average molecular weight is 206 g/mol. The number of fused-ring (bicyclic) bond motifs is 1. The first-order chi connectivity index (χ1) is 7.09. The second-order valence-electron chi connectivity index (χ2n) is 4.48. The van der Waals surface area contributed by atoms with Gasteiger partial charge in [0.2, 0.25) is 0 Å². The minimum Gasteiger partial charge on any atom is -0.362 e. The molecule has 1 aliphatic heterocycles. The molecule has 1 aliphatic rings. The Labute approximate surface area is 90.7 Å². The molecule has 1 aromatic rings. The van der Waals surface area contributed by atoms with Crippen LogP contribution < -0.4 is 10.2 Å². The largest absolute Gasteiger partial charge is 0.362 e. The van der Waals surface area contributed by atoms with E-state index in [0.717, 1.165) is 30.4 Å². The smallest absolute Gasteiger partial charge is 0.136 e. The number of nitrogens with one attached hydrogen (secondary N) is 1. The summed E-state index contributed by atoms with van der Waals surface area (Å²) in [6.07, 6.45) is 0. The summed E-state index contributed by atoms with van der Waals surface area (Å²) < 4.78 is 0. The fourth-order valence-electron chi connectivity index (χ4n) is 1.80. The molecule has 4 heteroatoms. The Morgan fingerprint density at radius 2 is 1.93 bits per heavy atom. The van der Waals surface area contributed by atoms with Gasteiger partial charge in [0.05, 0.1) is 5.69 Å². The summed E-state index contributed by atoms with van der Waals surface area (Å²) in [7, 11) is 4.07. The lowest BCUT2D eigenvalue weighted by Crippen LogP contribution is -2.16. The van der Waals surface area contributed by atoms with Crippen molar-refractivity contribution in [3.05, 3.63) is 17.1 Å². The molecule has 15 heavy (non-hydrogen) atoms. The summed E-state index contributed by atoms with van der Waals surface area (Å²) in [5, 5.41) is 3.32. The van der Waals surface area contributed by atoms with Crippen LogP contribution in [0.2, 0.25) is 0 Å². The van der Waals surface area contributed by atoms with Gasteiger partial charge in [0.1, 0.15) is 11.6 Å². The third kappa shape index (κ3) is 1.81. The molecule has 0 aliphatic carbocycles. The van der Waals surface area contributed by atoms with Gasteiger partial charge in [-0.3, -0.25) is 0 Å². The molecule has 82 valence electrons. The molecular weight excluding hydrogens is 188 g/mol. The highest BCUT2D eigenvalue weighted by Crippen LogP contribution is 2.25. The molecule has 0 amide bonds. The van der Waals surface area contributed by atoms with Crippen LogP contribution in [0.25, 0.3) is 0 Å². The van der Waals surface area contributed by atoms with Gasteiger partial charge >= 0.3 is 0 Å². The van der Waals surface area contributed by atoms with Gasteiger partial charge < -0.3 is 10.2 Å². The number of anilines is 1. The average Bonchev–Trinajstić information content (AvgIpc) is 2.62. The Morgan fingerprint density at radius 1 is 1.20 bits per heavy atom. The van der Waals surface area contributed by atoms with E-state index in [2.05, 4.69) is 34.0 Å². The summed E-state index contributed by atoms with van der Waals surface area (Å²) in [6, 6.07) is 0. The van der Waals surface area contributed by atoms with Crippen LogP contribution in [0.1, 0.15) is 36.8 Å². The lowest BCUT2D eigenvalue weighted by Gasteiger charge is -2.17. The summed E-state index contributed by atoms with van der Waals surface area (Å²) in [5.74, 6) is 2.39. The van der Waals surface area contributed by atoms with Gasteiger partial charge in [-0.1, -0.05) is 13.8 Å². The van der Waals surface area contributed by atoms with Gasteiger partial charge in [0.25, 0.3) is 0 Å². The molecule has 1 aromatic heterocycles. The first kappa shape index (κ1) is 10.4. The molecule has 0 spiro atoms. The first-order valence-corrected chi connectivity index (χ1v) is 5.37. The maximum absolute atomic E-state index is 4.62. The Kier molecular flexibility index (Phi) is 2.61. The van der Waals surface area contributed by atoms with Crippen LogP contribution in [0, 0.1) is 0 Å². The highest BCUT2D eigenvalue weighted by molar-refractivity contribution is 5.49. The van der Waals surface area contributed by atoms with Crippen molar-refractivity contribution >= 4 is 5.82 Å². The van der Waals surface area contributed by atoms with Gasteiger partial charge in [0, 0.05) is 38.7 Å². The molecule has 0 unspecified atom stereocenters. The Balaban J connectivity index is 2.52. The summed E-state index contributed by atoms with van der Waals surface area (Å²) >= 11 is 0. The molecule has 0 radical (unpaired) electrons. The summed E-state index contributed by atoms with van der Waals surface area (Å²) in [6.45, 7) is 6.02. The molecule has 4 nitrogen and oxygen atoms in total. The van der Waals surface area contributed by atoms with Crippen LogP contribution in [-0.2, 0) is 13.1 Å². The van der Waals surface area contributed by atoms with E-state index in [4.69, 9.17) is 0 Å². The first-order valence-electron chi connectivity index (χ1n) is 5.37. The number of rotatable bonds is 2. The van der Waals surface area contributed by atoms with Crippen LogP contribution in [0.15, 0.2) is 0 Å². The molecule has 0 saturated heterocycles. The molecule has 0 fully saturated rings. The van der Waals surface area contributed by atoms with E-state index in [1.807, 2.05) is 14.1 Å². The van der Waals surface area contributed by atoms with E-state index >= 15 is 0 Å². The van der Waals surface area contributed by atoms with Crippen molar-refractivity contribution in [2.24, 2.45) is 0 Å². The molecule has 0 saturated carbocycles. The quantitative estimate of drug-likeness (QED) is 0.791. The van der Waals surface area contributed by atoms with E-state index in [9.17, 15) is 0 Å². The lowest BCUT2D eigenvalue weighted by atomic mass is 10.1. The minimum atomic E-state index is 0.384. The lowest BCUT2D eigenvalue weighted by molar-refractivity contribution is 0.740. The SMILES string of the molecule is CC(C)c1nc2c(c(N(C)C)n1)CNC2. The van der Waals surface area contributed by atoms with Crippen LogP contribution in [0.4, 0.5) is 5.82 Å². The summed E-state index contributed by atoms with van der Waals surface area (Å²) in [5.41, 5.74) is 2.42. The van der Waals surface area contributed by atoms with Gasteiger partial charge in [-0.15, -0.1) is 0 Å². The zero-order valence-electron chi connectivity index (χ0n) is 9.83. The van der Waals surface area contributed by atoms with Crippen LogP contribution in [-0.4, -0.2) is 24.1 Å². The third-order valence-corrected chi connectivity index (χ3v) is 2.62. The van der Waals surface area contributed by atoms with Crippen molar-refractivity contribution in [3.63, 3.8) is 0 Å². The predicted octanol–water partition coefficient (Wildman–Crippen LogP) is 1.27. The van der Waals surface area contributed by atoms with Crippen LogP contribution >= 0.6 is 0 Å². The van der Waals surface area contributed by atoms with Crippen molar-refractivity contribution in [2.45, 2.75) is 32.9 Å². The van der Waals surface area contributed by atoms with E-state index in [1.54, 1.807) is 0 Å².